The molecule has 25 heavy (non-hydrogen) atoms. The number of benzene rings is 1. The van der Waals surface area contributed by atoms with Gasteiger partial charge in [0.05, 0.1) is 17.3 Å². The Kier molecular flexibility index (Phi) is 4.38. The van der Waals surface area contributed by atoms with Crippen LogP contribution in [0.4, 0.5) is 5.82 Å². The highest BCUT2D eigenvalue weighted by atomic mass is 35.5. The van der Waals surface area contributed by atoms with Crippen LogP contribution in [0.1, 0.15) is 22.8 Å². The van der Waals surface area contributed by atoms with Gasteiger partial charge in [-0.1, -0.05) is 35.0 Å². The van der Waals surface area contributed by atoms with E-state index in [1.165, 1.54) is 5.56 Å². The lowest BCUT2D eigenvalue weighted by Crippen LogP contribution is -2.26. The van der Waals surface area contributed by atoms with Gasteiger partial charge in [0, 0.05) is 23.7 Å². The first-order chi connectivity index (χ1) is 12.2. The van der Waals surface area contributed by atoms with Gasteiger partial charge >= 0.3 is 0 Å². The summed E-state index contributed by atoms with van der Waals surface area (Å²) in [6.45, 7) is 4.14. The molecule has 0 saturated heterocycles. The summed E-state index contributed by atoms with van der Waals surface area (Å²) in [5, 5.41) is 11.5. The Morgan fingerprint density at radius 2 is 2.16 bits per heavy atom. The minimum absolute atomic E-state index is 0.508. The summed E-state index contributed by atoms with van der Waals surface area (Å²) in [7, 11) is 0. The van der Waals surface area contributed by atoms with E-state index in [9.17, 15) is 0 Å². The molecule has 2 N–H and O–H groups in total. The van der Waals surface area contributed by atoms with E-state index in [-0.39, 0.29) is 0 Å². The van der Waals surface area contributed by atoms with Crippen molar-refractivity contribution in [2.24, 2.45) is 0 Å². The molecule has 0 spiro atoms. The zero-order chi connectivity index (χ0) is 17.2. The van der Waals surface area contributed by atoms with Gasteiger partial charge in [0.15, 0.2) is 5.76 Å². The number of hydrogen-bond donors (Lipinski definition) is 2. The normalized spacial score (nSPS) is 13.5. The summed E-state index contributed by atoms with van der Waals surface area (Å²) in [6.07, 6.45) is 0.916. The standard InChI is InChI=1S/C18H18ClN5O/c1-11-22-17-10-20-7-6-14(17)18(23-11)21-9-12-8-16(24-25-12)13-4-2-3-5-15(13)19/h2-5,8,20H,6-7,9-10H2,1H3,(H,21,22,23). The molecule has 0 fully saturated rings. The van der Waals surface area contributed by atoms with Crippen molar-refractivity contribution in [1.29, 1.82) is 0 Å². The van der Waals surface area contributed by atoms with Crippen LogP contribution in [0.15, 0.2) is 34.9 Å². The summed E-state index contributed by atoms with van der Waals surface area (Å²) in [6, 6.07) is 9.49. The number of aryl methyl sites for hydroxylation is 1. The van der Waals surface area contributed by atoms with Crippen LogP contribution in [0.5, 0.6) is 0 Å². The lowest BCUT2D eigenvalue weighted by Gasteiger charge is -2.19. The number of nitrogens with zero attached hydrogens (tertiary/aromatic N) is 3. The number of rotatable bonds is 4. The molecule has 0 aliphatic carbocycles. The van der Waals surface area contributed by atoms with Crippen LogP contribution in [0.2, 0.25) is 5.02 Å². The van der Waals surface area contributed by atoms with E-state index in [1.54, 1.807) is 0 Å². The van der Waals surface area contributed by atoms with Crippen LogP contribution in [0.3, 0.4) is 0 Å². The van der Waals surface area contributed by atoms with Gasteiger partial charge in [-0.25, -0.2) is 9.97 Å². The SMILES string of the molecule is Cc1nc2c(c(NCc3cc(-c4ccccc4Cl)no3)n1)CCNC2. The number of nitrogens with one attached hydrogen (secondary N) is 2. The highest BCUT2D eigenvalue weighted by Gasteiger charge is 2.17. The van der Waals surface area contributed by atoms with Gasteiger partial charge < -0.3 is 15.2 Å². The molecule has 0 radical (unpaired) electrons. The first-order valence-electron chi connectivity index (χ1n) is 8.22. The molecule has 7 heteroatoms. The van der Waals surface area contributed by atoms with Crippen LogP contribution in [-0.4, -0.2) is 21.7 Å². The lowest BCUT2D eigenvalue weighted by molar-refractivity contribution is 0.390. The van der Waals surface area contributed by atoms with Gasteiger partial charge in [-0.3, -0.25) is 0 Å². The van der Waals surface area contributed by atoms with E-state index in [0.29, 0.717) is 11.6 Å². The summed E-state index contributed by atoms with van der Waals surface area (Å²) in [5.41, 5.74) is 3.83. The molecule has 128 valence electrons. The van der Waals surface area contributed by atoms with E-state index in [0.717, 1.165) is 53.9 Å². The third kappa shape index (κ3) is 3.36. The second kappa shape index (κ2) is 6.82. The number of halogens is 1. The van der Waals surface area contributed by atoms with Gasteiger partial charge in [0.1, 0.15) is 17.3 Å². The first-order valence-corrected chi connectivity index (χ1v) is 8.60. The molecule has 0 amide bonds. The van der Waals surface area contributed by atoms with E-state index >= 15 is 0 Å². The Morgan fingerprint density at radius 1 is 1.28 bits per heavy atom. The van der Waals surface area contributed by atoms with Crippen molar-refractivity contribution < 1.29 is 4.52 Å². The topological polar surface area (TPSA) is 75.9 Å². The van der Waals surface area contributed by atoms with Crippen molar-refractivity contribution in [2.45, 2.75) is 26.4 Å². The molecule has 0 bridgehead atoms. The van der Waals surface area contributed by atoms with Crippen LogP contribution in [0.25, 0.3) is 11.3 Å². The van der Waals surface area contributed by atoms with E-state index in [1.807, 2.05) is 37.3 Å². The fourth-order valence-corrected chi connectivity index (χ4v) is 3.22. The monoisotopic (exact) mass is 355 g/mol. The molecule has 4 rings (SSSR count). The Hall–Kier alpha value is -2.44. The predicted molar refractivity (Wildman–Crippen MR) is 96.5 cm³/mol. The molecule has 0 atom stereocenters. The average molecular weight is 356 g/mol. The smallest absolute Gasteiger partial charge is 0.156 e. The predicted octanol–water partition coefficient (Wildman–Crippen LogP) is 3.35. The molecule has 6 nitrogen and oxygen atoms in total. The van der Waals surface area contributed by atoms with Crippen molar-refractivity contribution in [3.05, 3.63) is 58.2 Å². The molecule has 1 aromatic carbocycles. The van der Waals surface area contributed by atoms with Crippen molar-refractivity contribution in [1.82, 2.24) is 20.4 Å². The second-order valence-corrected chi connectivity index (χ2v) is 6.39. The van der Waals surface area contributed by atoms with Gasteiger partial charge in [-0.2, -0.15) is 0 Å². The van der Waals surface area contributed by atoms with Crippen molar-refractivity contribution in [3.8, 4) is 11.3 Å². The van der Waals surface area contributed by atoms with Gasteiger partial charge in [-0.05, 0) is 26.0 Å². The molecular weight excluding hydrogens is 338 g/mol. The number of anilines is 1. The fraction of sp³-hybridized carbons (Fsp3) is 0.278. The van der Waals surface area contributed by atoms with Crippen LogP contribution in [0, 0.1) is 6.92 Å². The van der Waals surface area contributed by atoms with Crippen molar-refractivity contribution in [3.63, 3.8) is 0 Å². The molecule has 3 heterocycles. The fourth-order valence-electron chi connectivity index (χ4n) is 2.99. The molecule has 1 aliphatic rings. The largest absolute Gasteiger partial charge is 0.362 e. The Balaban J connectivity index is 1.53. The van der Waals surface area contributed by atoms with Gasteiger partial charge in [-0.15, -0.1) is 0 Å². The molecule has 2 aromatic heterocycles. The third-order valence-corrected chi connectivity index (χ3v) is 4.52. The zero-order valence-corrected chi connectivity index (χ0v) is 14.6. The number of fused-ring (bicyclic) bond motifs is 1. The molecule has 3 aromatic rings. The van der Waals surface area contributed by atoms with Crippen molar-refractivity contribution in [2.75, 3.05) is 11.9 Å². The molecular formula is C18H18ClN5O. The summed E-state index contributed by atoms with van der Waals surface area (Å²) < 4.78 is 5.44. The zero-order valence-electron chi connectivity index (χ0n) is 13.8. The highest BCUT2D eigenvalue weighted by Crippen LogP contribution is 2.27. The molecule has 0 saturated carbocycles. The Bertz CT molecular complexity index is 908. The van der Waals surface area contributed by atoms with Gasteiger partial charge in [0.2, 0.25) is 0 Å². The Labute approximate surface area is 150 Å². The van der Waals surface area contributed by atoms with E-state index < -0.39 is 0 Å². The number of aromatic nitrogens is 3. The maximum atomic E-state index is 6.22. The van der Waals surface area contributed by atoms with Crippen LogP contribution < -0.4 is 10.6 Å². The first kappa shape index (κ1) is 16.1. The third-order valence-electron chi connectivity index (χ3n) is 4.19. The Morgan fingerprint density at radius 3 is 3.04 bits per heavy atom. The quantitative estimate of drug-likeness (QED) is 0.747. The van der Waals surface area contributed by atoms with Crippen LogP contribution in [-0.2, 0) is 19.5 Å². The molecule has 1 aliphatic heterocycles. The maximum absolute atomic E-state index is 6.22. The minimum atomic E-state index is 0.508. The molecule has 0 unspecified atom stereocenters. The second-order valence-electron chi connectivity index (χ2n) is 5.98. The maximum Gasteiger partial charge on any atom is 0.156 e. The van der Waals surface area contributed by atoms with Crippen LogP contribution >= 0.6 is 11.6 Å². The number of hydrogen-bond acceptors (Lipinski definition) is 6. The van der Waals surface area contributed by atoms with E-state index in [4.69, 9.17) is 16.1 Å². The highest BCUT2D eigenvalue weighted by molar-refractivity contribution is 6.33. The van der Waals surface area contributed by atoms with Gasteiger partial charge in [0.25, 0.3) is 0 Å². The lowest BCUT2D eigenvalue weighted by atomic mass is 10.1. The average Bonchev–Trinajstić information content (AvgIpc) is 3.08. The summed E-state index contributed by atoms with van der Waals surface area (Å²) in [4.78, 5) is 9.07. The van der Waals surface area contributed by atoms with Crippen molar-refractivity contribution >= 4 is 17.4 Å². The van der Waals surface area contributed by atoms with E-state index in [2.05, 4.69) is 25.8 Å². The summed E-state index contributed by atoms with van der Waals surface area (Å²) >= 11 is 6.22. The summed E-state index contributed by atoms with van der Waals surface area (Å²) in [5.74, 6) is 2.37. The minimum Gasteiger partial charge on any atom is -0.362 e.